The van der Waals surface area contributed by atoms with E-state index >= 15 is 0 Å². The zero-order valence-corrected chi connectivity index (χ0v) is 19.7. The predicted octanol–water partition coefficient (Wildman–Crippen LogP) is 4.54. The molecule has 0 radical (unpaired) electrons. The molecule has 0 bridgehead atoms. The van der Waals surface area contributed by atoms with Crippen molar-refractivity contribution in [3.63, 3.8) is 0 Å². The second-order valence-corrected chi connectivity index (χ2v) is 8.41. The van der Waals surface area contributed by atoms with E-state index in [1.807, 2.05) is 78.9 Å². The summed E-state index contributed by atoms with van der Waals surface area (Å²) in [6.07, 6.45) is 0.898. The number of rotatable bonds is 7. The minimum absolute atomic E-state index is 0.105. The molecule has 1 aliphatic heterocycles. The third kappa shape index (κ3) is 5.46. The Morgan fingerprint density at radius 3 is 2.26 bits per heavy atom. The van der Waals surface area contributed by atoms with Crippen LogP contribution in [0.15, 0.2) is 78.9 Å². The van der Waals surface area contributed by atoms with Crippen LogP contribution in [0.25, 0.3) is 0 Å². The Hall–Kier alpha value is -3.64. The van der Waals surface area contributed by atoms with Gasteiger partial charge in [0, 0.05) is 43.1 Å². The summed E-state index contributed by atoms with van der Waals surface area (Å²) < 4.78 is 5.09. The van der Waals surface area contributed by atoms with E-state index in [0.29, 0.717) is 5.56 Å². The van der Waals surface area contributed by atoms with Crippen molar-refractivity contribution in [1.82, 2.24) is 4.90 Å². The first kappa shape index (κ1) is 23.5. The third-order valence-electron chi connectivity index (χ3n) is 6.31. The summed E-state index contributed by atoms with van der Waals surface area (Å²) in [7, 11) is 1.44. The zero-order valence-electron chi connectivity index (χ0n) is 19.7. The lowest BCUT2D eigenvalue weighted by atomic mass is 10.0. The highest BCUT2D eigenvalue weighted by Gasteiger charge is 2.31. The van der Waals surface area contributed by atoms with Crippen molar-refractivity contribution in [2.75, 3.05) is 43.5 Å². The van der Waals surface area contributed by atoms with Crippen LogP contribution in [0, 0.1) is 0 Å². The topological polar surface area (TPSA) is 61.9 Å². The van der Waals surface area contributed by atoms with Gasteiger partial charge in [0.2, 0.25) is 0 Å². The van der Waals surface area contributed by atoms with Crippen molar-refractivity contribution in [3.8, 4) is 0 Å². The first-order valence-corrected chi connectivity index (χ1v) is 11.7. The lowest BCUT2D eigenvalue weighted by Crippen LogP contribution is -2.49. The van der Waals surface area contributed by atoms with Crippen molar-refractivity contribution in [2.45, 2.75) is 19.4 Å². The van der Waals surface area contributed by atoms with Gasteiger partial charge < -0.3 is 15.0 Å². The van der Waals surface area contributed by atoms with Crippen LogP contribution in [0.5, 0.6) is 0 Å². The van der Waals surface area contributed by atoms with Gasteiger partial charge in [-0.2, -0.15) is 0 Å². The number of nitrogens with zero attached hydrogens (tertiary/aromatic N) is 2. The van der Waals surface area contributed by atoms with Crippen molar-refractivity contribution in [3.05, 3.63) is 95.6 Å². The number of carbonyl (C=O) groups excluding carboxylic acids is 2. The standard InChI is InChI=1S/C28H31N3O3/c1-3-21-8-7-11-23(20-21)27(32)29-24-12-14-25(15-13-24)30-16-18-31(19-17-30)26(28(33)34-2)22-9-5-4-6-10-22/h4-15,20,26H,3,16-19H2,1-2H3,(H,29,32). The Morgan fingerprint density at radius 1 is 0.912 bits per heavy atom. The molecule has 0 saturated carbocycles. The number of carbonyl (C=O) groups is 2. The Balaban J connectivity index is 1.37. The van der Waals surface area contributed by atoms with Crippen molar-refractivity contribution >= 4 is 23.3 Å². The van der Waals surface area contributed by atoms with Gasteiger partial charge in [0.1, 0.15) is 6.04 Å². The molecule has 1 atom stereocenters. The van der Waals surface area contributed by atoms with E-state index in [1.165, 1.54) is 7.11 Å². The molecule has 1 amide bonds. The number of hydrogen-bond donors (Lipinski definition) is 1. The van der Waals surface area contributed by atoms with E-state index < -0.39 is 6.04 Å². The molecule has 3 aromatic carbocycles. The summed E-state index contributed by atoms with van der Waals surface area (Å²) >= 11 is 0. The summed E-state index contributed by atoms with van der Waals surface area (Å²) in [4.78, 5) is 29.6. The SMILES string of the molecule is CCc1cccc(C(=O)Nc2ccc(N3CCN(C(C(=O)OC)c4ccccc4)CC3)cc2)c1. The molecular weight excluding hydrogens is 426 g/mol. The van der Waals surface area contributed by atoms with E-state index in [0.717, 1.165) is 55.1 Å². The molecular formula is C28H31N3O3. The van der Waals surface area contributed by atoms with Gasteiger partial charge >= 0.3 is 5.97 Å². The number of piperazine rings is 1. The number of anilines is 2. The molecule has 0 aliphatic carbocycles. The number of benzene rings is 3. The predicted molar refractivity (Wildman–Crippen MR) is 135 cm³/mol. The van der Waals surface area contributed by atoms with Gasteiger partial charge in [0.05, 0.1) is 7.11 Å². The van der Waals surface area contributed by atoms with Crippen LogP contribution in [-0.2, 0) is 16.0 Å². The number of aryl methyl sites for hydroxylation is 1. The fourth-order valence-electron chi connectivity index (χ4n) is 4.37. The maximum Gasteiger partial charge on any atom is 0.327 e. The van der Waals surface area contributed by atoms with E-state index in [9.17, 15) is 9.59 Å². The second kappa shape index (κ2) is 11.0. The molecule has 1 heterocycles. The molecule has 0 spiro atoms. The number of nitrogens with one attached hydrogen (secondary N) is 1. The highest BCUT2D eigenvalue weighted by Crippen LogP contribution is 2.26. The Labute approximate surface area is 201 Å². The van der Waals surface area contributed by atoms with E-state index in [4.69, 9.17) is 4.74 Å². The van der Waals surface area contributed by atoms with Gasteiger partial charge in [0.25, 0.3) is 5.91 Å². The minimum Gasteiger partial charge on any atom is -0.468 e. The molecule has 1 aliphatic rings. The van der Waals surface area contributed by atoms with E-state index in [1.54, 1.807) is 0 Å². The van der Waals surface area contributed by atoms with Crippen LogP contribution in [-0.4, -0.2) is 50.1 Å². The molecule has 4 rings (SSSR count). The fraction of sp³-hybridized carbons (Fsp3) is 0.286. The van der Waals surface area contributed by atoms with Crippen LogP contribution in [0.1, 0.15) is 34.5 Å². The van der Waals surface area contributed by atoms with Crippen molar-refractivity contribution in [2.24, 2.45) is 0 Å². The van der Waals surface area contributed by atoms with Crippen LogP contribution >= 0.6 is 0 Å². The van der Waals surface area contributed by atoms with Crippen molar-refractivity contribution < 1.29 is 14.3 Å². The largest absolute Gasteiger partial charge is 0.468 e. The quantitative estimate of drug-likeness (QED) is 0.528. The van der Waals surface area contributed by atoms with Crippen molar-refractivity contribution in [1.29, 1.82) is 0 Å². The first-order valence-electron chi connectivity index (χ1n) is 11.7. The smallest absolute Gasteiger partial charge is 0.327 e. The number of ether oxygens (including phenoxy) is 1. The number of hydrogen-bond acceptors (Lipinski definition) is 5. The van der Waals surface area contributed by atoms with Crippen LogP contribution in [0.4, 0.5) is 11.4 Å². The van der Waals surface area contributed by atoms with Gasteiger partial charge in [-0.25, -0.2) is 4.79 Å². The molecule has 6 heteroatoms. The van der Waals surface area contributed by atoms with E-state index in [2.05, 4.69) is 22.0 Å². The Bertz CT molecular complexity index is 1110. The zero-order chi connectivity index (χ0) is 23.9. The Kier molecular flexibility index (Phi) is 7.60. The molecule has 0 aromatic heterocycles. The third-order valence-corrected chi connectivity index (χ3v) is 6.31. The molecule has 1 fully saturated rings. The maximum absolute atomic E-state index is 12.6. The average Bonchev–Trinajstić information content (AvgIpc) is 2.90. The van der Waals surface area contributed by atoms with Crippen LogP contribution in [0.3, 0.4) is 0 Å². The second-order valence-electron chi connectivity index (χ2n) is 8.41. The average molecular weight is 458 g/mol. The number of amides is 1. The summed E-state index contributed by atoms with van der Waals surface area (Å²) in [5, 5.41) is 2.98. The molecule has 1 saturated heterocycles. The van der Waals surface area contributed by atoms with Gasteiger partial charge in [-0.3, -0.25) is 9.69 Å². The summed E-state index contributed by atoms with van der Waals surface area (Å²) in [6.45, 7) is 5.18. The molecule has 3 aromatic rings. The maximum atomic E-state index is 12.6. The number of esters is 1. The highest BCUT2D eigenvalue weighted by molar-refractivity contribution is 6.04. The molecule has 1 N–H and O–H groups in total. The molecule has 34 heavy (non-hydrogen) atoms. The molecule has 176 valence electrons. The first-order chi connectivity index (χ1) is 16.6. The Morgan fingerprint density at radius 2 is 1.62 bits per heavy atom. The van der Waals surface area contributed by atoms with Gasteiger partial charge in [-0.15, -0.1) is 0 Å². The van der Waals surface area contributed by atoms with Gasteiger partial charge in [-0.1, -0.05) is 49.4 Å². The van der Waals surface area contributed by atoms with Gasteiger partial charge in [0.15, 0.2) is 0 Å². The summed E-state index contributed by atoms with van der Waals surface area (Å²) in [6, 6.07) is 25.0. The van der Waals surface area contributed by atoms with Crippen LogP contribution < -0.4 is 10.2 Å². The van der Waals surface area contributed by atoms with E-state index in [-0.39, 0.29) is 11.9 Å². The molecule has 6 nitrogen and oxygen atoms in total. The number of methoxy groups -OCH3 is 1. The lowest BCUT2D eigenvalue weighted by molar-refractivity contribution is -0.147. The van der Waals surface area contributed by atoms with Crippen LogP contribution in [0.2, 0.25) is 0 Å². The fourth-order valence-corrected chi connectivity index (χ4v) is 4.37. The minimum atomic E-state index is -0.392. The highest BCUT2D eigenvalue weighted by atomic mass is 16.5. The monoisotopic (exact) mass is 457 g/mol. The lowest BCUT2D eigenvalue weighted by Gasteiger charge is -2.39. The summed E-state index contributed by atoms with van der Waals surface area (Å²) in [5.74, 6) is -0.337. The van der Waals surface area contributed by atoms with Gasteiger partial charge in [-0.05, 0) is 53.9 Å². The summed E-state index contributed by atoms with van der Waals surface area (Å²) in [5.41, 5.74) is 4.62. The normalized spacial score (nSPS) is 14.9. The molecule has 1 unspecified atom stereocenters.